The van der Waals surface area contributed by atoms with Crippen LogP contribution < -0.4 is 11.1 Å². The van der Waals surface area contributed by atoms with Gasteiger partial charge in [0.25, 0.3) is 5.91 Å². The predicted molar refractivity (Wildman–Crippen MR) is 112 cm³/mol. The maximum Gasteiger partial charge on any atom is 0.255 e. The fraction of sp³-hybridized carbons (Fsp3) is 0.0526. The highest BCUT2D eigenvalue weighted by molar-refractivity contribution is 8.14. The number of hydrogen-bond donors (Lipinski definition) is 2. The van der Waals surface area contributed by atoms with Gasteiger partial charge in [-0.3, -0.25) is 4.79 Å². The SMILES string of the molecule is Nc1ccccc1SC1=NN2CNC(=O)C(c3c(Cl)cccc3Cl)=C2C=C1. The van der Waals surface area contributed by atoms with Crippen LogP contribution in [-0.2, 0) is 4.79 Å². The smallest absolute Gasteiger partial charge is 0.255 e. The first-order valence-electron chi connectivity index (χ1n) is 8.08. The van der Waals surface area contributed by atoms with Crippen molar-refractivity contribution < 1.29 is 4.79 Å². The number of rotatable bonds is 2. The highest BCUT2D eigenvalue weighted by atomic mass is 35.5. The number of nitrogen functional groups attached to an aromatic ring is 1. The van der Waals surface area contributed by atoms with Crippen LogP contribution in [0.25, 0.3) is 5.57 Å². The Morgan fingerprint density at radius 2 is 1.81 bits per heavy atom. The highest BCUT2D eigenvalue weighted by Crippen LogP contribution is 2.37. The van der Waals surface area contributed by atoms with E-state index in [0.717, 1.165) is 9.94 Å². The van der Waals surface area contributed by atoms with E-state index in [1.165, 1.54) is 11.8 Å². The summed E-state index contributed by atoms with van der Waals surface area (Å²) in [5.41, 5.74) is 8.26. The van der Waals surface area contributed by atoms with Gasteiger partial charge in [0.1, 0.15) is 11.7 Å². The van der Waals surface area contributed by atoms with Gasteiger partial charge in [-0.1, -0.05) is 53.2 Å². The lowest BCUT2D eigenvalue weighted by atomic mass is 10.0. The third-order valence-corrected chi connectivity index (χ3v) is 5.75. The third-order valence-electron chi connectivity index (χ3n) is 4.10. The van der Waals surface area contributed by atoms with Crippen LogP contribution in [0.4, 0.5) is 5.69 Å². The number of para-hydroxylation sites is 1. The number of thioether (sulfide) groups is 1. The maximum absolute atomic E-state index is 12.6. The topological polar surface area (TPSA) is 70.7 Å². The third kappa shape index (κ3) is 3.43. The van der Waals surface area contributed by atoms with Crippen molar-refractivity contribution in [1.29, 1.82) is 0 Å². The van der Waals surface area contributed by atoms with Crippen molar-refractivity contribution in [1.82, 2.24) is 10.3 Å². The summed E-state index contributed by atoms with van der Waals surface area (Å²) in [6.07, 6.45) is 3.70. The van der Waals surface area contributed by atoms with Gasteiger partial charge < -0.3 is 11.1 Å². The summed E-state index contributed by atoms with van der Waals surface area (Å²) < 4.78 is 0. The van der Waals surface area contributed by atoms with Crippen molar-refractivity contribution in [3.63, 3.8) is 0 Å². The molecule has 0 fully saturated rings. The molecule has 2 aromatic rings. The van der Waals surface area contributed by atoms with Gasteiger partial charge in [0.2, 0.25) is 0 Å². The second-order valence-corrected chi connectivity index (χ2v) is 7.71. The van der Waals surface area contributed by atoms with Crippen molar-refractivity contribution >= 4 is 57.2 Å². The minimum Gasteiger partial charge on any atom is -0.398 e. The number of nitrogens with one attached hydrogen (secondary N) is 1. The zero-order chi connectivity index (χ0) is 19.0. The lowest BCUT2D eigenvalue weighted by Gasteiger charge is -2.31. The molecule has 136 valence electrons. The molecule has 2 heterocycles. The molecule has 0 saturated carbocycles. The Bertz CT molecular complexity index is 1010. The van der Waals surface area contributed by atoms with Crippen molar-refractivity contribution in [3.8, 4) is 0 Å². The first-order chi connectivity index (χ1) is 13.0. The lowest BCUT2D eigenvalue weighted by Crippen LogP contribution is -2.42. The van der Waals surface area contributed by atoms with Gasteiger partial charge in [0.05, 0.1) is 21.3 Å². The molecule has 0 saturated heterocycles. The van der Waals surface area contributed by atoms with Gasteiger partial charge in [0, 0.05) is 16.1 Å². The van der Waals surface area contributed by atoms with Crippen LogP contribution in [0.1, 0.15) is 5.56 Å². The molecule has 0 radical (unpaired) electrons. The van der Waals surface area contributed by atoms with E-state index >= 15 is 0 Å². The molecular formula is C19H14Cl2N4OS. The summed E-state index contributed by atoms with van der Waals surface area (Å²) in [4.78, 5) is 13.5. The van der Waals surface area contributed by atoms with Crippen molar-refractivity contribution in [2.24, 2.45) is 5.10 Å². The molecule has 0 atom stereocenters. The molecule has 0 aliphatic carbocycles. The monoisotopic (exact) mass is 416 g/mol. The van der Waals surface area contributed by atoms with Gasteiger partial charge >= 0.3 is 0 Å². The Morgan fingerprint density at radius 1 is 1.07 bits per heavy atom. The average molecular weight is 417 g/mol. The minimum absolute atomic E-state index is 0.237. The summed E-state index contributed by atoms with van der Waals surface area (Å²) in [5.74, 6) is -0.237. The van der Waals surface area contributed by atoms with E-state index in [-0.39, 0.29) is 12.6 Å². The average Bonchev–Trinajstić information content (AvgIpc) is 2.65. The molecule has 2 aliphatic heterocycles. The number of anilines is 1. The van der Waals surface area contributed by atoms with Crippen LogP contribution in [0.3, 0.4) is 0 Å². The first kappa shape index (κ1) is 18.0. The number of halogens is 2. The van der Waals surface area contributed by atoms with Gasteiger partial charge in [-0.25, -0.2) is 5.01 Å². The fourth-order valence-electron chi connectivity index (χ4n) is 2.85. The molecule has 4 rings (SSSR count). The standard InChI is InChI=1S/C19H14Cl2N4OS/c20-11-4-3-5-12(21)17(11)18-14-8-9-16(24-25(14)10-23-19(18)26)27-15-7-2-1-6-13(15)22/h1-9H,10,22H2,(H,23,26). The van der Waals surface area contributed by atoms with Gasteiger partial charge in [-0.15, -0.1) is 0 Å². The molecule has 0 aromatic heterocycles. The molecule has 27 heavy (non-hydrogen) atoms. The summed E-state index contributed by atoms with van der Waals surface area (Å²) in [6.45, 7) is 0.262. The van der Waals surface area contributed by atoms with Crippen LogP contribution in [0.2, 0.25) is 10.0 Å². The number of hydrazone groups is 1. The zero-order valence-electron chi connectivity index (χ0n) is 13.9. The van der Waals surface area contributed by atoms with Crippen LogP contribution in [0, 0.1) is 0 Å². The number of amides is 1. The summed E-state index contributed by atoms with van der Waals surface area (Å²) in [6, 6.07) is 12.8. The summed E-state index contributed by atoms with van der Waals surface area (Å²) in [7, 11) is 0. The molecule has 2 aromatic carbocycles. The number of carbonyl (C=O) groups excluding carboxylic acids is 1. The summed E-state index contributed by atoms with van der Waals surface area (Å²) >= 11 is 14.1. The molecule has 0 unspecified atom stereocenters. The van der Waals surface area contributed by atoms with Crippen LogP contribution >= 0.6 is 35.0 Å². The molecule has 5 nitrogen and oxygen atoms in total. The van der Waals surface area contributed by atoms with Crippen molar-refractivity contribution in [3.05, 3.63) is 75.9 Å². The number of nitrogens with two attached hydrogens (primary N) is 1. The van der Waals surface area contributed by atoms with E-state index in [2.05, 4.69) is 10.4 Å². The van der Waals surface area contributed by atoms with Gasteiger partial charge in [0.15, 0.2) is 0 Å². The molecule has 0 spiro atoms. The molecule has 1 amide bonds. The fourth-order valence-corrected chi connectivity index (χ4v) is 4.27. The Morgan fingerprint density at radius 3 is 2.56 bits per heavy atom. The van der Waals surface area contributed by atoms with Crippen molar-refractivity contribution in [2.75, 3.05) is 12.4 Å². The number of hydrogen-bond acceptors (Lipinski definition) is 5. The predicted octanol–water partition coefficient (Wildman–Crippen LogP) is 4.35. The van der Waals surface area contributed by atoms with E-state index in [1.54, 1.807) is 23.2 Å². The largest absolute Gasteiger partial charge is 0.398 e. The maximum atomic E-state index is 12.6. The number of allylic oxidation sites excluding steroid dienone is 1. The quantitative estimate of drug-likeness (QED) is 0.713. The minimum atomic E-state index is -0.237. The normalized spacial score (nSPS) is 16.1. The van der Waals surface area contributed by atoms with Crippen molar-refractivity contribution in [2.45, 2.75) is 4.90 Å². The van der Waals surface area contributed by atoms with E-state index in [1.807, 2.05) is 36.4 Å². The van der Waals surface area contributed by atoms with E-state index < -0.39 is 0 Å². The van der Waals surface area contributed by atoms with E-state index in [4.69, 9.17) is 28.9 Å². The summed E-state index contributed by atoms with van der Waals surface area (Å²) in [5, 5.41) is 10.7. The Kier molecular flexibility index (Phi) is 4.86. The zero-order valence-corrected chi connectivity index (χ0v) is 16.3. The molecular weight excluding hydrogens is 403 g/mol. The lowest BCUT2D eigenvalue weighted by molar-refractivity contribution is -0.116. The second-order valence-electron chi connectivity index (χ2n) is 5.83. The van der Waals surface area contributed by atoms with Crippen LogP contribution in [0.15, 0.2) is 70.3 Å². The Balaban J connectivity index is 1.73. The first-order valence-corrected chi connectivity index (χ1v) is 9.65. The van der Waals surface area contributed by atoms with Gasteiger partial charge in [-0.2, -0.15) is 5.10 Å². The molecule has 3 N–H and O–H groups in total. The van der Waals surface area contributed by atoms with E-state index in [9.17, 15) is 4.79 Å². The number of fused-ring (bicyclic) bond motifs is 1. The van der Waals surface area contributed by atoms with E-state index in [0.29, 0.717) is 32.6 Å². The number of benzene rings is 2. The second kappa shape index (κ2) is 7.31. The number of carbonyl (C=O) groups is 1. The van der Waals surface area contributed by atoms with Crippen LogP contribution in [0.5, 0.6) is 0 Å². The Hall–Kier alpha value is -2.41. The highest BCUT2D eigenvalue weighted by Gasteiger charge is 2.30. The number of nitrogens with zero attached hydrogens (tertiary/aromatic N) is 2. The Labute approximate surface area is 170 Å². The van der Waals surface area contributed by atoms with Crippen LogP contribution in [-0.4, -0.2) is 22.6 Å². The van der Waals surface area contributed by atoms with Gasteiger partial charge in [-0.05, 0) is 36.4 Å². The molecule has 8 heteroatoms. The molecule has 2 aliphatic rings. The molecule has 0 bridgehead atoms.